The Morgan fingerprint density at radius 2 is 2.16 bits per heavy atom. The molecule has 1 unspecified atom stereocenters. The molecule has 0 saturated carbocycles. The van der Waals surface area contributed by atoms with Gasteiger partial charge < -0.3 is 10.1 Å². The summed E-state index contributed by atoms with van der Waals surface area (Å²) in [7, 11) is 1.63. The molecule has 0 radical (unpaired) electrons. The lowest BCUT2D eigenvalue weighted by atomic mass is 10.1. The highest BCUT2D eigenvalue weighted by Gasteiger charge is 2.19. The Bertz CT molecular complexity index is 891. The fourth-order valence-electron chi connectivity index (χ4n) is 2.41. The van der Waals surface area contributed by atoms with E-state index in [4.69, 9.17) is 4.74 Å². The maximum absolute atomic E-state index is 12.7. The summed E-state index contributed by atoms with van der Waals surface area (Å²) in [6.07, 6.45) is 0. The fourth-order valence-corrected chi connectivity index (χ4v) is 4.65. The lowest BCUT2D eigenvalue weighted by molar-refractivity contribution is 0.0943. The predicted octanol–water partition coefficient (Wildman–Crippen LogP) is 5.44. The van der Waals surface area contributed by atoms with Crippen molar-refractivity contribution < 1.29 is 9.53 Å². The van der Waals surface area contributed by atoms with E-state index in [0.717, 1.165) is 32.1 Å². The van der Waals surface area contributed by atoms with Crippen molar-refractivity contribution >= 4 is 44.5 Å². The van der Waals surface area contributed by atoms with Crippen molar-refractivity contribution in [3.8, 4) is 16.3 Å². The van der Waals surface area contributed by atoms with Crippen LogP contribution in [-0.2, 0) is 0 Å². The van der Waals surface area contributed by atoms with E-state index in [9.17, 15) is 4.79 Å². The number of benzene rings is 1. The summed E-state index contributed by atoms with van der Waals surface area (Å²) in [5.74, 6) is 0.664. The van der Waals surface area contributed by atoms with Gasteiger partial charge in [-0.15, -0.1) is 11.3 Å². The van der Waals surface area contributed by atoms with Crippen molar-refractivity contribution in [2.45, 2.75) is 19.9 Å². The van der Waals surface area contributed by atoms with Crippen molar-refractivity contribution in [2.24, 2.45) is 0 Å². The number of thiazole rings is 1. The van der Waals surface area contributed by atoms with E-state index in [0.29, 0.717) is 4.88 Å². The van der Waals surface area contributed by atoms with Crippen molar-refractivity contribution in [1.29, 1.82) is 0 Å². The van der Waals surface area contributed by atoms with Crippen LogP contribution < -0.4 is 10.1 Å². The highest BCUT2D eigenvalue weighted by Crippen LogP contribution is 2.31. The van der Waals surface area contributed by atoms with Gasteiger partial charge in [0.1, 0.15) is 15.6 Å². The molecule has 0 aliphatic carbocycles. The van der Waals surface area contributed by atoms with Gasteiger partial charge in [0, 0.05) is 10.9 Å². The SMILES string of the molecule is COc1ccc(C(C)NC(=O)c2sc(-c3ccsc3)nc2C)cc1Br. The van der Waals surface area contributed by atoms with Crippen LogP contribution in [0.1, 0.15) is 33.9 Å². The van der Waals surface area contributed by atoms with Gasteiger partial charge in [-0.05, 0) is 58.9 Å². The molecular formula is C18H17BrN2O2S2. The molecule has 1 atom stereocenters. The maximum Gasteiger partial charge on any atom is 0.263 e. The first-order valence-corrected chi connectivity index (χ1v) is 10.2. The Morgan fingerprint density at radius 1 is 1.36 bits per heavy atom. The number of rotatable bonds is 5. The van der Waals surface area contributed by atoms with Gasteiger partial charge in [0.15, 0.2) is 0 Å². The summed E-state index contributed by atoms with van der Waals surface area (Å²) in [4.78, 5) is 17.9. The monoisotopic (exact) mass is 436 g/mol. The first kappa shape index (κ1) is 18.1. The standard InChI is InChI=1S/C18H17BrN2O2S2/c1-10(12-4-5-15(23-3)14(19)8-12)20-17(22)16-11(2)21-18(25-16)13-6-7-24-9-13/h4-10H,1-3H3,(H,20,22). The van der Waals surface area contributed by atoms with Gasteiger partial charge in [-0.2, -0.15) is 11.3 Å². The van der Waals surface area contributed by atoms with Crippen molar-refractivity contribution in [3.05, 3.63) is 55.6 Å². The zero-order valence-electron chi connectivity index (χ0n) is 14.0. The quantitative estimate of drug-likeness (QED) is 0.578. The summed E-state index contributed by atoms with van der Waals surface area (Å²) in [6, 6.07) is 7.68. The molecular weight excluding hydrogens is 420 g/mol. The number of amides is 1. The summed E-state index contributed by atoms with van der Waals surface area (Å²) in [5.41, 5.74) is 2.82. The second-order valence-corrected chi connectivity index (χ2v) is 8.17. The van der Waals surface area contributed by atoms with Crippen LogP contribution in [0.25, 0.3) is 10.6 Å². The second-order valence-electron chi connectivity index (χ2n) is 5.53. The molecule has 0 aliphatic rings. The minimum Gasteiger partial charge on any atom is -0.496 e. The van der Waals surface area contributed by atoms with Gasteiger partial charge in [-0.3, -0.25) is 4.79 Å². The highest BCUT2D eigenvalue weighted by atomic mass is 79.9. The highest BCUT2D eigenvalue weighted by molar-refractivity contribution is 9.10. The molecule has 25 heavy (non-hydrogen) atoms. The van der Waals surface area contributed by atoms with E-state index in [2.05, 4.69) is 26.2 Å². The first-order valence-electron chi connectivity index (χ1n) is 7.64. The lowest BCUT2D eigenvalue weighted by Crippen LogP contribution is -2.26. The van der Waals surface area contributed by atoms with E-state index in [1.807, 2.05) is 48.9 Å². The zero-order chi connectivity index (χ0) is 18.0. The molecule has 3 aromatic rings. The molecule has 0 aliphatic heterocycles. The summed E-state index contributed by atoms with van der Waals surface area (Å²) in [5, 5.41) is 7.98. The van der Waals surface area contributed by atoms with Gasteiger partial charge in [0.2, 0.25) is 0 Å². The number of nitrogens with one attached hydrogen (secondary N) is 1. The number of aryl methyl sites for hydroxylation is 1. The van der Waals surface area contributed by atoms with E-state index >= 15 is 0 Å². The Kier molecular flexibility index (Phi) is 5.56. The number of ether oxygens (including phenoxy) is 1. The number of hydrogen-bond acceptors (Lipinski definition) is 5. The third kappa shape index (κ3) is 3.94. The van der Waals surface area contributed by atoms with E-state index < -0.39 is 0 Å². The summed E-state index contributed by atoms with van der Waals surface area (Å²) in [6.45, 7) is 3.83. The summed E-state index contributed by atoms with van der Waals surface area (Å²) < 4.78 is 6.11. The Morgan fingerprint density at radius 3 is 2.80 bits per heavy atom. The third-order valence-corrected chi connectivity index (χ3v) is 6.30. The van der Waals surface area contributed by atoms with Crippen LogP contribution in [0, 0.1) is 6.92 Å². The number of carbonyl (C=O) groups excluding carboxylic acids is 1. The molecule has 0 fully saturated rings. The van der Waals surface area contributed by atoms with Gasteiger partial charge in [-0.25, -0.2) is 4.98 Å². The largest absolute Gasteiger partial charge is 0.496 e. The van der Waals surface area contributed by atoms with Crippen LogP contribution in [0.3, 0.4) is 0 Å². The molecule has 0 bridgehead atoms. The van der Waals surface area contributed by atoms with E-state index in [1.165, 1.54) is 11.3 Å². The number of carbonyl (C=O) groups is 1. The van der Waals surface area contributed by atoms with Crippen LogP contribution >= 0.6 is 38.6 Å². The molecule has 0 spiro atoms. The van der Waals surface area contributed by atoms with Gasteiger partial charge in [0.25, 0.3) is 5.91 Å². The van der Waals surface area contributed by atoms with Crippen LogP contribution in [0.15, 0.2) is 39.5 Å². The average Bonchev–Trinajstić information content (AvgIpc) is 3.24. The topological polar surface area (TPSA) is 51.2 Å². The maximum atomic E-state index is 12.7. The third-order valence-electron chi connectivity index (χ3n) is 3.79. The van der Waals surface area contributed by atoms with Gasteiger partial charge >= 0.3 is 0 Å². The van der Waals surface area contributed by atoms with E-state index in [1.54, 1.807) is 18.4 Å². The Labute approximate surface area is 163 Å². The van der Waals surface area contributed by atoms with Crippen LogP contribution in [-0.4, -0.2) is 18.0 Å². The van der Waals surface area contributed by atoms with Crippen molar-refractivity contribution in [3.63, 3.8) is 0 Å². The molecule has 3 rings (SSSR count). The van der Waals surface area contributed by atoms with Crippen molar-refractivity contribution in [2.75, 3.05) is 7.11 Å². The molecule has 2 aromatic heterocycles. The van der Waals surface area contributed by atoms with Gasteiger partial charge in [-0.1, -0.05) is 6.07 Å². The van der Waals surface area contributed by atoms with Crippen LogP contribution in [0.5, 0.6) is 5.75 Å². The molecule has 2 heterocycles. The Balaban J connectivity index is 1.77. The second kappa shape index (κ2) is 7.68. The predicted molar refractivity (Wildman–Crippen MR) is 107 cm³/mol. The molecule has 1 amide bonds. The minimum atomic E-state index is -0.124. The van der Waals surface area contributed by atoms with Gasteiger partial charge in [0.05, 0.1) is 23.3 Å². The molecule has 130 valence electrons. The number of aromatic nitrogens is 1. The number of thiophene rings is 1. The normalized spacial score (nSPS) is 12.0. The number of hydrogen-bond donors (Lipinski definition) is 1. The van der Waals surface area contributed by atoms with E-state index in [-0.39, 0.29) is 11.9 Å². The fraction of sp³-hybridized carbons (Fsp3) is 0.222. The molecule has 1 aromatic carbocycles. The number of halogens is 1. The van der Waals surface area contributed by atoms with Crippen LogP contribution in [0.2, 0.25) is 0 Å². The summed E-state index contributed by atoms with van der Waals surface area (Å²) >= 11 is 6.53. The first-order chi connectivity index (χ1) is 12.0. The molecule has 0 saturated heterocycles. The Hall–Kier alpha value is -1.70. The van der Waals surface area contributed by atoms with Crippen molar-refractivity contribution in [1.82, 2.24) is 10.3 Å². The smallest absolute Gasteiger partial charge is 0.263 e. The average molecular weight is 437 g/mol. The number of nitrogens with zero attached hydrogens (tertiary/aromatic N) is 1. The zero-order valence-corrected chi connectivity index (χ0v) is 17.2. The molecule has 7 heteroatoms. The minimum absolute atomic E-state index is 0.101. The lowest BCUT2D eigenvalue weighted by Gasteiger charge is -2.15. The molecule has 1 N–H and O–H groups in total. The number of methoxy groups -OCH3 is 1. The molecule has 4 nitrogen and oxygen atoms in total. The van der Waals surface area contributed by atoms with Crippen LogP contribution in [0.4, 0.5) is 0 Å².